The molecule has 234 valence electrons. The van der Waals surface area contributed by atoms with Crippen LogP contribution in [-0.4, -0.2) is 54.2 Å². The molecule has 42 heavy (non-hydrogen) atoms. The van der Waals surface area contributed by atoms with E-state index in [-0.39, 0.29) is 24.0 Å². The maximum atomic E-state index is 13.9. The van der Waals surface area contributed by atoms with Gasteiger partial charge in [0.25, 0.3) is 0 Å². The zero-order chi connectivity index (χ0) is 29.5. The van der Waals surface area contributed by atoms with E-state index in [0.29, 0.717) is 76.5 Å². The van der Waals surface area contributed by atoms with E-state index in [2.05, 4.69) is 47.0 Å². The molecule has 0 aromatic carbocycles. The van der Waals surface area contributed by atoms with Gasteiger partial charge in [-0.15, -0.1) is 0 Å². The summed E-state index contributed by atoms with van der Waals surface area (Å²) in [6, 6.07) is 0. The van der Waals surface area contributed by atoms with Crippen LogP contribution in [0.1, 0.15) is 66.7 Å². The zero-order valence-electron chi connectivity index (χ0n) is 26.6. The van der Waals surface area contributed by atoms with Gasteiger partial charge in [-0.05, 0) is 144 Å². The van der Waals surface area contributed by atoms with Crippen molar-refractivity contribution < 1.29 is 25.2 Å². The summed E-state index contributed by atoms with van der Waals surface area (Å²) in [6.07, 6.45) is 5.13. The molecule has 0 radical (unpaired) electrons. The van der Waals surface area contributed by atoms with Crippen molar-refractivity contribution in [1.29, 1.82) is 0 Å². The predicted molar refractivity (Wildman–Crippen MR) is 158 cm³/mol. The minimum Gasteiger partial charge on any atom is -0.396 e. The number of fused-ring (bicyclic) bond motifs is 3. The number of Topliss-reactive ketones (excluding diaryl/α,β-unsaturated/α-hetero) is 1. The van der Waals surface area contributed by atoms with Gasteiger partial charge < -0.3 is 15.5 Å². The summed E-state index contributed by atoms with van der Waals surface area (Å²) in [5.74, 6) is 11.3. The molecule has 9 fully saturated rings. The highest BCUT2D eigenvalue weighted by Gasteiger charge is 3.01. The van der Waals surface area contributed by atoms with Gasteiger partial charge in [-0.25, -0.2) is 4.89 Å². The van der Waals surface area contributed by atoms with Crippen LogP contribution in [0.25, 0.3) is 0 Å². The third-order valence-electron chi connectivity index (χ3n) is 17.0. The lowest BCUT2D eigenvalue weighted by Crippen LogP contribution is -2.58. The van der Waals surface area contributed by atoms with Gasteiger partial charge in [0.1, 0.15) is 5.78 Å². The highest BCUT2D eigenvalue weighted by molar-refractivity contribution is 5.88. The van der Waals surface area contributed by atoms with E-state index in [1.54, 1.807) is 0 Å². The third-order valence-corrected chi connectivity index (χ3v) is 17.0. The summed E-state index contributed by atoms with van der Waals surface area (Å²) in [5, 5.41) is 33.1. The van der Waals surface area contributed by atoms with E-state index in [4.69, 9.17) is 4.89 Å². The summed E-state index contributed by atoms with van der Waals surface area (Å²) < 4.78 is 0. The second-order valence-corrected chi connectivity index (χ2v) is 18.6. The molecular formula is C36H55NO5. The number of hydrogen-bond acceptors (Lipinski definition) is 6. The van der Waals surface area contributed by atoms with Crippen molar-refractivity contribution in [3.63, 3.8) is 0 Å². The number of ketones is 1. The lowest BCUT2D eigenvalue weighted by molar-refractivity contribution is -0.296. The molecule has 0 aromatic rings. The fourth-order valence-electron chi connectivity index (χ4n) is 16.6. The van der Waals surface area contributed by atoms with Crippen molar-refractivity contribution in [2.45, 2.75) is 72.8 Å². The lowest BCUT2D eigenvalue weighted by Gasteiger charge is -2.62. The first-order valence-corrected chi connectivity index (χ1v) is 17.7. The fourth-order valence-corrected chi connectivity index (χ4v) is 16.6. The van der Waals surface area contributed by atoms with Crippen molar-refractivity contribution in [2.75, 3.05) is 26.8 Å². The zero-order valence-corrected chi connectivity index (χ0v) is 26.6. The first-order chi connectivity index (χ1) is 20.0. The third kappa shape index (κ3) is 2.69. The van der Waals surface area contributed by atoms with Gasteiger partial charge >= 0.3 is 0 Å². The van der Waals surface area contributed by atoms with Gasteiger partial charge in [0.2, 0.25) is 0 Å². The average molecular weight is 582 g/mol. The highest BCUT2D eigenvalue weighted by atomic mass is 17.1. The van der Waals surface area contributed by atoms with E-state index >= 15 is 0 Å². The predicted octanol–water partition coefficient (Wildman–Crippen LogP) is 4.59. The van der Waals surface area contributed by atoms with Crippen LogP contribution in [0.4, 0.5) is 0 Å². The number of aliphatic hydroxyl groups is 2. The highest BCUT2D eigenvalue weighted by Crippen LogP contribution is 3.04. The van der Waals surface area contributed by atoms with E-state index in [0.717, 1.165) is 66.7 Å². The molecule has 0 aliphatic heterocycles. The Morgan fingerprint density at radius 1 is 0.929 bits per heavy atom. The summed E-state index contributed by atoms with van der Waals surface area (Å²) >= 11 is 0. The van der Waals surface area contributed by atoms with Gasteiger partial charge in [0.05, 0.1) is 6.10 Å². The van der Waals surface area contributed by atoms with Crippen LogP contribution in [0, 0.1) is 116 Å². The Bertz CT molecular complexity index is 1200. The van der Waals surface area contributed by atoms with Crippen molar-refractivity contribution in [3.8, 4) is 0 Å². The maximum absolute atomic E-state index is 13.9. The minimum absolute atomic E-state index is 0.0630. The quantitative estimate of drug-likeness (QED) is 0.199. The SMILES string of the molecule is CNCC(C)CC1C2CC(CO)C3C1C23C1C2CC(C(=O)C(C)(C)C)C3C1C23C1C2CC(C(CCO)OO)C3C1C23C. The van der Waals surface area contributed by atoms with Crippen LogP contribution < -0.4 is 5.32 Å². The Morgan fingerprint density at radius 3 is 2.19 bits per heavy atom. The first-order valence-electron chi connectivity index (χ1n) is 17.7. The van der Waals surface area contributed by atoms with Gasteiger partial charge in [-0.1, -0.05) is 34.6 Å². The molecule has 20 unspecified atom stereocenters. The topological polar surface area (TPSA) is 99.0 Å². The van der Waals surface area contributed by atoms with Crippen molar-refractivity contribution in [2.24, 2.45) is 116 Å². The fraction of sp³-hybridized carbons (Fsp3) is 0.972. The second-order valence-electron chi connectivity index (χ2n) is 18.6. The van der Waals surface area contributed by atoms with Crippen molar-refractivity contribution in [1.82, 2.24) is 5.32 Å². The maximum Gasteiger partial charge on any atom is 0.141 e. The van der Waals surface area contributed by atoms with Crippen molar-refractivity contribution in [3.05, 3.63) is 0 Å². The normalized spacial score (nSPS) is 60.8. The van der Waals surface area contributed by atoms with Gasteiger partial charge in [0.15, 0.2) is 0 Å². The average Bonchev–Trinajstić information content (AvgIpc) is 3.76. The number of rotatable bonds is 12. The number of nitrogens with one attached hydrogen (secondary N) is 1. The largest absolute Gasteiger partial charge is 0.396 e. The van der Waals surface area contributed by atoms with E-state index in [1.165, 1.54) is 12.8 Å². The smallest absolute Gasteiger partial charge is 0.141 e. The molecule has 0 saturated heterocycles. The molecule has 9 aliphatic rings. The molecule has 0 spiro atoms. The molecule has 0 amide bonds. The van der Waals surface area contributed by atoms with Crippen LogP contribution in [0.3, 0.4) is 0 Å². The second kappa shape index (κ2) is 8.24. The Morgan fingerprint density at radius 2 is 1.64 bits per heavy atom. The Labute approximate surface area is 252 Å². The van der Waals surface area contributed by atoms with Crippen LogP contribution in [0.2, 0.25) is 0 Å². The number of hydrogen-bond donors (Lipinski definition) is 4. The summed E-state index contributed by atoms with van der Waals surface area (Å²) in [5.41, 5.74) is 1.02. The first kappa shape index (κ1) is 27.8. The molecule has 6 nitrogen and oxygen atoms in total. The summed E-state index contributed by atoms with van der Waals surface area (Å²) in [7, 11) is 2.07. The number of aliphatic hydroxyl groups excluding tert-OH is 2. The van der Waals surface area contributed by atoms with Crippen LogP contribution in [0.15, 0.2) is 0 Å². The molecule has 6 heteroatoms. The number of carbonyl (C=O) groups excluding carboxylic acids is 1. The lowest BCUT2D eigenvalue weighted by atomic mass is 9.42. The molecule has 9 saturated carbocycles. The molecule has 0 aromatic heterocycles. The Kier molecular flexibility index (Phi) is 5.45. The van der Waals surface area contributed by atoms with Gasteiger partial charge in [-0.3, -0.25) is 10.1 Å². The van der Waals surface area contributed by atoms with Gasteiger partial charge in [-0.2, -0.15) is 0 Å². The standard InChI is InChI=1S/C36H55NO5/c1-15(13-37-6)9-17-20-10-16(14-39)24-26(17)35(20,24)29-22-12-19(32(40)33(2,3)4)27-31(29)36(22,27)28-21-11-18(23(42-41)7-8-38)25-30(28)34(21,25)5/h15-31,37-39,41H,7-14H2,1-6H3. The molecule has 0 heterocycles. The van der Waals surface area contributed by atoms with Gasteiger partial charge in [0, 0.05) is 31.0 Å². The number of carbonyl (C=O) groups is 1. The molecule has 4 N–H and O–H groups in total. The minimum atomic E-state index is -0.272. The molecule has 9 aliphatic carbocycles. The molecule has 20 atom stereocenters. The Hall–Kier alpha value is -0.530. The summed E-state index contributed by atoms with van der Waals surface area (Å²) in [4.78, 5) is 18.9. The van der Waals surface area contributed by atoms with Crippen LogP contribution in [-0.2, 0) is 9.68 Å². The summed E-state index contributed by atoms with van der Waals surface area (Å²) in [6.45, 7) is 12.9. The van der Waals surface area contributed by atoms with E-state index < -0.39 is 0 Å². The molecule has 9 rings (SSSR count). The monoisotopic (exact) mass is 581 g/mol. The van der Waals surface area contributed by atoms with Crippen molar-refractivity contribution >= 4 is 5.78 Å². The van der Waals surface area contributed by atoms with E-state index in [1.807, 2.05) is 0 Å². The molecule has 0 bridgehead atoms. The molecular weight excluding hydrogens is 526 g/mol. The Balaban J connectivity index is 1.01. The van der Waals surface area contributed by atoms with E-state index in [9.17, 15) is 20.3 Å². The van der Waals surface area contributed by atoms with Crippen LogP contribution in [0.5, 0.6) is 0 Å². The van der Waals surface area contributed by atoms with Crippen LogP contribution >= 0.6 is 0 Å².